The molecular formula is C31H39F. The van der Waals surface area contributed by atoms with Crippen LogP contribution in [-0.4, -0.2) is 0 Å². The molecule has 2 saturated carbocycles. The SMILES string of the molecule is C=CCCc1ccc(-c2ccc(C3CCC4CC(CC/C=C/C)CCC4C3)cc2)c(F)c1. The first-order chi connectivity index (χ1) is 15.7. The summed E-state index contributed by atoms with van der Waals surface area (Å²) in [6.07, 6.45) is 19.1. The van der Waals surface area contributed by atoms with Crippen molar-refractivity contribution in [2.75, 3.05) is 0 Å². The Hall–Kier alpha value is -2.15. The molecule has 2 fully saturated rings. The Balaban J connectivity index is 1.36. The second kappa shape index (κ2) is 11.1. The topological polar surface area (TPSA) is 0 Å². The van der Waals surface area contributed by atoms with Gasteiger partial charge in [0, 0.05) is 5.56 Å². The molecule has 0 saturated heterocycles. The van der Waals surface area contributed by atoms with Gasteiger partial charge in [-0.15, -0.1) is 6.58 Å². The molecule has 0 heterocycles. The van der Waals surface area contributed by atoms with E-state index in [1.54, 1.807) is 6.07 Å². The molecule has 0 aliphatic heterocycles. The molecule has 32 heavy (non-hydrogen) atoms. The lowest BCUT2D eigenvalue weighted by Gasteiger charge is -2.42. The highest BCUT2D eigenvalue weighted by atomic mass is 19.1. The molecule has 0 aromatic heterocycles. The van der Waals surface area contributed by atoms with E-state index in [2.05, 4.69) is 49.9 Å². The van der Waals surface area contributed by atoms with Crippen LogP contribution in [0.2, 0.25) is 0 Å². The summed E-state index contributed by atoms with van der Waals surface area (Å²) < 4.78 is 14.7. The third kappa shape index (κ3) is 5.61. The van der Waals surface area contributed by atoms with Crippen LogP contribution < -0.4 is 0 Å². The summed E-state index contributed by atoms with van der Waals surface area (Å²) in [4.78, 5) is 0. The molecule has 4 atom stereocenters. The first-order valence-electron chi connectivity index (χ1n) is 12.8. The van der Waals surface area contributed by atoms with Crippen molar-refractivity contribution in [2.45, 2.75) is 77.0 Å². The Bertz CT molecular complexity index is 907. The minimum absolute atomic E-state index is 0.119. The smallest absolute Gasteiger partial charge is 0.131 e. The molecule has 4 unspecified atom stereocenters. The van der Waals surface area contributed by atoms with Crippen LogP contribution >= 0.6 is 0 Å². The highest BCUT2D eigenvalue weighted by molar-refractivity contribution is 5.65. The molecule has 1 heteroatoms. The van der Waals surface area contributed by atoms with Crippen LogP contribution in [0.5, 0.6) is 0 Å². The summed E-state index contributed by atoms with van der Waals surface area (Å²) in [6.45, 7) is 5.88. The number of hydrogen-bond donors (Lipinski definition) is 0. The largest absolute Gasteiger partial charge is 0.206 e. The Morgan fingerprint density at radius 1 is 0.938 bits per heavy atom. The van der Waals surface area contributed by atoms with E-state index >= 15 is 0 Å². The average Bonchev–Trinajstić information content (AvgIpc) is 2.83. The molecule has 2 aromatic rings. The predicted molar refractivity (Wildman–Crippen MR) is 135 cm³/mol. The molecule has 0 N–H and O–H groups in total. The maximum atomic E-state index is 14.7. The van der Waals surface area contributed by atoms with Gasteiger partial charge in [-0.1, -0.05) is 61.0 Å². The fourth-order valence-electron chi connectivity index (χ4n) is 6.20. The summed E-state index contributed by atoms with van der Waals surface area (Å²) in [6, 6.07) is 14.4. The van der Waals surface area contributed by atoms with Gasteiger partial charge in [0.05, 0.1) is 0 Å². The van der Waals surface area contributed by atoms with Crippen LogP contribution in [0.1, 0.15) is 81.8 Å². The summed E-state index contributed by atoms with van der Waals surface area (Å²) in [5, 5.41) is 0. The van der Waals surface area contributed by atoms with E-state index in [1.165, 1.54) is 56.9 Å². The highest BCUT2D eigenvalue weighted by Crippen LogP contribution is 2.48. The van der Waals surface area contributed by atoms with Crippen molar-refractivity contribution in [1.82, 2.24) is 0 Å². The van der Waals surface area contributed by atoms with E-state index in [-0.39, 0.29) is 5.82 Å². The lowest BCUT2D eigenvalue weighted by molar-refractivity contribution is 0.115. The fourth-order valence-corrected chi connectivity index (χ4v) is 6.20. The van der Waals surface area contributed by atoms with E-state index in [0.717, 1.165) is 41.7 Å². The standard InChI is InChI=1S/C31H39F/c1-3-5-7-9-23-10-12-29-22-28(18-17-27(29)20-23)25-13-15-26(16-14-25)30-19-11-24(8-6-4-2)21-31(30)32/h3-5,11,13-16,19,21,23,27-29H,2,6-10,12,17-18,20,22H2,1H3/b5-3+. The van der Waals surface area contributed by atoms with E-state index in [0.29, 0.717) is 11.5 Å². The molecule has 2 aliphatic carbocycles. The summed E-state index contributed by atoms with van der Waals surface area (Å²) in [5.41, 5.74) is 4.18. The van der Waals surface area contributed by atoms with Gasteiger partial charge in [0.15, 0.2) is 0 Å². The maximum Gasteiger partial charge on any atom is 0.131 e. The van der Waals surface area contributed by atoms with Crippen LogP contribution in [0, 0.1) is 23.6 Å². The first kappa shape index (κ1) is 23.0. The van der Waals surface area contributed by atoms with Gasteiger partial charge in [0.2, 0.25) is 0 Å². The Morgan fingerprint density at radius 2 is 1.72 bits per heavy atom. The predicted octanol–water partition coefficient (Wildman–Crippen LogP) is 9.27. The molecule has 0 nitrogen and oxygen atoms in total. The molecular weight excluding hydrogens is 391 g/mol. The zero-order valence-electron chi connectivity index (χ0n) is 19.7. The summed E-state index contributed by atoms with van der Waals surface area (Å²) in [5.74, 6) is 3.36. The van der Waals surface area contributed by atoms with Gasteiger partial charge in [-0.2, -0.15) is 0 Å². The molecule has 170 valence electrons. The summed E-state index contributed by atoms with van der Waals surface area (Å²) in [7, 11) is 0. The number of benzene rings is 2. The average molecular weight is 431 g/mol. The molecule has 2 aliphatic rings. The normalized spacial score (nSPS) is 25.6. The third-order valence-electron chi connectivity index (χ3n) is 8.06. The molecule has 0 spiro atoms. The van der Waals surface area contributed by atoms with E-state index < -0.39 is 0 Å². The number of halogens is 1. The zero-order valence-corrected chi connectivity index (χ0v) is 19.7. The van der Waals surface area contributed by atoms with Crippen LogP contribution in [0.15, 0.2) is 67.3 Å². The molecule has 0 bridgehead atoms. The van der Waals surface area contributed by atoms with E-state index in [9.17, 15) is 4.39 Å². The second-order valence-electron chi connectivity index (χ2n) is 10.1. The monoisotopic (exact) mass is 430 g/mol. The second-order valence-corrected chi connectivity index (χ2v) is 10.1. The Labute approximate surface area is 194 Å². The lowest BCUT2D eigenvalue weighted by atomic mass is 9.63. The zero-order chi connectivity index (χ0) is 22.3. The highest BCUT2D eigenvalue weighted by Gasteiger charge is 2.35. The van der Waals surface area contributed by atoms with Gasteiger partial charge in [0.25, 0.3) is 0 Å². The van der Waals surface area contributed by atoms with Crippen molar-refractivity contribution >= 4 is 0 Å². The number of rotatable bonds is 8. The fraction of sp³-hybridized carbons (Fsp3) is 0.484. The number of aryl methyl sites for hydroxylation is 1. The van der Waals surface area contributed by atoms with Crippen molar-refractivity contribution in [3.05, 3.63) is 84.2 Å². The van der Waals surface area contributed by atoms with Gasteiger partial charge < -0.3 is 0 Å². The quantitative estimate of drug-likeness (QED) is 0.366. The van der Waals surface area contributed by atoms with Crippen LogP contribution in [0.25, 0.3) is 11.1 Å². The van der Waals surface area contributed by atoms with Crippen LogP contribution in [0.4, 0.5) is 4.39 Å². The van der Waals surface area contributed by atoms with Gasteiger partial charge in [-0.3, -0.25) is 0 Å². The molecule has 0 amide bonds. The maximum absolute atomic E-state index is 14.7. The minimum Gasteiger partial charge on any atom is -0.206 e. The van der Waals surface area contributed by atoms with Crippen molar-refractivity contribution in [1.29, 1.82) is 0 Å². The van der Waals surface area contributed by atoms with Crippen molar-refractivity contribution < 1.29 is 4.39 Å². The minimum atomic E-state index is -0.119. The molecule has 4 rings (SSSR count). The van der Waals surface area contributed by atoms with Crippen molar-refractivity contribution in [3.8, 4) is 11.1 Å². The van der Waals surface area contributed by atoms with Crippen molar-refractivity contribution in [2.24, 2.45) is 17.8 Å². The van der Waals surface area contributed by atoms with Crippen LogP contribution in [-0.2, 0) is 6.42 Å². The van der Waals surface area contributed by atoms with Gasteiger partial charge >= 0.3 is 0 Å². The Kier molecular flexibility index (Phi) is 8.00. The van der Waals surface area contributed by atoms with Gasteiger partial charge in [-0.25, -0.2) is 4.39 Å². The Morgan fingerprint density at radius 3 is 2.47 bits per heavy atom. The lowest BCUT2D eigenvalue weighted by Crippen LogP contribution is -2.30. The first-order valence-corrected chi connectivity index (χ1v) is 12.8. The van der Waals surface area contributed by atoms with E-state index in [1.807, 2.05) is 18.2 Å². The van der Waals surface area contributed by atoms with Crippen LogP contribution in [0.3, 0.4) is 0 Å². The van der Waals surface area contributed by atoms with Gasteiger partial charge in [0.1, 0.15) is 5.82 Å². The number of allylic oxidation sites excluding steroid dienone is 3. The molecule has 0 radical (unpaired) electrons. The number of hydrogen-bond acceptors (Lipinski definition) is 0. The van der Waals surface area contributed by atoms with E-state index in [4.69, 9.17) is 0 Å². The third-order valence-corrected chi connectivity index (χ3v) is 8.06. The number of fused-ring (bicyclic) bond motifs is 1. The van der Waals surface area contributed by atoms with Crippen molar-refractivity contribution in [3.63, 3.8) is 0 Å². The molecule has 2 aromatic carbocycles. The van der Waals surface area contributed by atoms with Gasteiger partial charge in [-0.05, 0) is 111 Å². The summed E-state index contributed by atoms with van der Waals surface area (Å²) >= 11 is 0.